The fourth-order valence-corrected chi connectivity index (χ4v) is 3.30. The number of urea groups is 1. The Bertz CT molecular complexity index is 1120. The van der Waals surface area contributed by atoms with Gasteiger partial charge in [-0.05, 0) is 36.4 Å². The average Bonchev–Trinajstić information content (AvgIpc) is 2.71. The van der Waals surface area contributed by atoms with E-state index in [-0.39, 0.29) is 24.9 Å². The Morgan fingerprint density at radius 2 is 1.80 bits per heavy atom. The Labute approximate surface area is 177 Å². The van der Waals surface area contributed by atoms with Crippen molar-refractivity contribution < 1.29 is 18.7 Å². The molecule has 3 aromatic rings. The van der Waals surface area contributed by atoms with Crippen molar-refractivity contribution in [2.24, 2.45) is 0 Å². The van der Waals surface area contributed by atoms with Gasteiger partial charge in [0.2, 0.25) is 0 Å². The van der Waals surface area contributed by atoms with Gasteiger partial charge in [0.25, 0.3) is 5.91 Å². The number of rotatable bonds is 4. The standard InChI is InChI=1S/C22H17ClFN3O3/c23-15-5-3-6-16(10-15)25-22(29)26-17-8-9-19-20(11-17)30-13-21(28)27(19)12-14-4-1-2-7-18(14)24/h1-11H,12-13H2,(H2,25,26,29). The second kappa shape index (κ2) is 8.42. The van der Waals surface area contributed by atoms with Crippen molar-refractivity contribution in [3.8, 4) is 5.75 Å². The molecule has 0 saturated carbocycles. The van der Waals surface area contributed by atoms with Crippen LogP contribution in [0.5, 0.6) is 5.75 Å². The van der Waals surface area contributed by atoms with Crippen molar-refractivity contribution in [2.75, 3.05) is 22.1 Å². The molecule has 0 fully saturated rings. The molecule has 1 aliphatic heterocycles. The van der Waals surface area contributed by atoms with Gasteiger partial charge in [-0.1, -0.05) is 35.9 Å². The molecule has 0 spiro atoms. The van der Waals surface area contributed by atoms with Crippen LogP contribution in [0.2, 0.25) is 5.02 Å². The summed E-state index contributed by atoms with van der Waals surface area (Å²) in [5.74, 6) is -0.231. The summed E-state index contributed by atoms with van der Waals surface area (Å²) in [6.07, 6.45) is 0. The molecule has 8 heteroatoms. The summed E-state index contributed by atoms with van der Waals surface area (Å²) >= 11 is 5.92. The van der Waals surface area contributed by atoms with Gasteiger partial charge in [-0.2, -0.15) is 0 Å². The monoisotopic (exact) mass is 425 g/mol. The Kier molecular flexibility index (Phi) is 5.54. The molecule has 3 amide bonds. The van der Waals surface area contributed by atoms with Crippen LogP contribution >= 0.6 is 11.6 Å². The highest BCUT2D eigenvalue weighted by atomic mass is 35.5. The molecule has 0 atom stereocenters. The van der Waals surface area contributed by atoms with Crippen LogP contribution in [0.25, 0.3) is 0 Å². The minimum atomic E-state index is -0.452. The third-order valence-electron chi connectivity index (χ3n) is 4.53. The number of anilines is 3. The summed E-state index contributed by atoms with van der Waals surface area (Å²) in [6, 6.07) is 17.6. The smallest absolute Gasteiger partial charge is 0.323 e. The topological polar surface area (TPSA) is 70.7 Å². The van der Waals surface area contributed by atoms with E-state index in [1.165, 1.54) is 11.0 Å². The van der Waals surface area contributed by atoms with Gasteiger partial charge in [0, 0.05) is 28.0 Å². The van der Waals surface area contributed by atoms with Crippen LogP contribution in [0.15, 0.2) is 66.7 Å². The number of benzene rings is 3. The van der Waals surface area contributed by atoms with E-state index in [1.54, 1.807) is 60.7 Å². The van der Waals surface area contributed by atoms with Gasteiger partial charge in [0.15, 0.2) is 6.61 Å². The van der Waals surface area contributed by atoms with E-state index in [2.05, 4.69) is 10.6 Å². The van der Waals surface area contributed by atoms with Gasteiger partial charge in [-0.25, -0.2) is 9.18 Å². The second-order valence-electron chi connectivity index (χ2n) is 6.63. The number of carbonyl (C=O) groups excluding carboxylic acids is 2. The number of carbonyl (C=O) groups is 2. The minimum absolute atomic E-state index is 0.0872. The zero-order valence-electron chi connectivity index (χ0n) is 15.7. The molecular formula is C22H17ClFN3O3. The van der Waals surface area contributed by atoms with Crippen LogP contribution < -0.4 is 20.3 Å². The lowest BCUT2D eigenvalue weighted by atomic mass is 10.1. The molecule has 3 aromatic carbocycles. The van der Waals surface area contributed by atoms with Crippen LogP contribution in [0.4, 0.5) is 26.2 Å². The summed E-state index contributed by atoms with van der Waals surface area (Å²) in [5, 5.41) is 5.90. The first-order valence-electron chi connectivity index (χ1n) is 9.14. The van der Waals surface area contributed by atoms with Crippen molar-refractivity contribution >= 4 is 40.6 Å². The van der Waals surface area contributed by atoms with Gasteiger partial charge < -0.3 is 20.3 Å². The summed E-state index contributed by atoms with van der Waals surface area (Å²) in [7, 11) is 0. The summed E-state index contributed by atoms with van der Waals surface area (Å²) < 4.78 is 19.5. The van der Waals surface area contributed by atoms with Crippen molar-refractivity contribution in [2.45, 2.75) is 6.54 Å². The third kappa shape index (κ3) is 4.36. The Morgan fingerprint density at radius 1 is 1.03 bits per heavy atom. The molecule has 0 aliphatic carbocycles. The first-order valence-corrected chi connectivity index (χ1v) is 9.51. The van der Waals surface area contributed by atoms with E-state index >= 15 is 0 Å². The van der Waals surface area contributed by atoms with Gasteiger partial charge in [0.1, 0.15) is 11.6 Å². The molecule has 2 N–H and O–H groups in total. The lowest BCUT2D eigenvalue weighted by molar-refractivity contribution is -0.121. The lowest BCUT2D eigenvalue weighted by Crippen LogP contribution is -2.38. The first kappa shape index (κ1) is 19.7. The minimum Gasteiger partial charge on any atom is -0.481 e. The molecule has 0 saturated heterocycles. The zero-order valence-corrected chi connectivity index (χ0v) is 16.4. The van der Waals surface area contributed by atoms with Gasteiger partial charge in [0.05, 0.1) is 12.2 Å². The van der Waals surface area contributed by atoms with E-state index < -0.39 is 6.03 Å². The molecule has 152 valence electrons. The molecule has 1 heterocycles. The maximum absolute atomic E-state index is 14.0. The lowest BCUT2D eigenvalue weighted by Gasteiger charge is -2.30. The Balaban J connectivity index is 1.50. The Morgan fingerprint density at radius 3 is 2.57 bits per heavy atom. The quantitative estimate of drug-likeness (QED) is 0.614. The number of fused-ring (bicyclic) bond motifs is 1. The SMILES string of the molecule is O=C(Nc1cccc(Cl)c1)Nc1ccc2c(c1)OCC(=O)N2Cc1ccccc1F. The molecule has 0 aromatic heterocycles. The number of nitrogens with zero attached hydrogens (tertiary/aromatic N) is 1. The van der Waals surface area contributed by atoms with Crippen molar-refractivity contribution in [1.82, 2.24) is 0 Å². The molecule has 30 heavy (non-hydrogen) atoms. The van der Waals surface area contributed by atoms with Crippen LogP contribution in [-0.2, 0) is 11.3 Å². The molecule has 0 unspecified atom stereocenters. The highest BCUT2D eigenvalue weighted by Gasteiger charge is 2.26. The van der Waals surface area contributed by atoms with E-state index in [0.717, 1.165) is 0 Å². The zero-order chi connectivity index (χ0) is 21.1. The number of ether oxygens (including phenoxy) is 1. The van der Waals surface area contributed by atoms with E-state index in [1.807, 2.05) is 0 Å². The van der Waals surface area contributed by atoms with Gasteiger partial charge in [-0.3, -0.25) is 4.79 Å². The van der Waals surface area contributed by atoms with Crippen molar-refractivity contribution in [3.63, 3.8) is 0 Å². The van der Waals surface area contributed by atoms with Gasteiger partial charge in [-0.15, -0.1) is 0 Å². The van der Waals surface area contributed by atoms with E-state index in [0.29, 0.717) is 33.4 Å². The predicted octanol–water partition coefficient (Wildman–Crippen LogP) is 5.05. The number of hydrogen-bond donors (Lipinski definition) is 2. The average molecular weight is 426 g/mol. The molecular weight excluding hydrogens is 409 g/mol. The van der Waals surface area contributed by atoms with Crippen LogP contribution in [-0.4, -0.2) is 18.5 Å². The van der Waals surface area contributed by atoms with Crippen LogP contribution in [0.1, 0.15) is 5.56 Å². The number of halogens is 2. The second-order valence-corrected chi connectivity index (χ2v) is 7.07. The summed E-state index contributed by atoms with van der Waals surface area (Å²) in [6.45, 7) is -0.0798. The number of hydrogen-bond acceptors (Lipinski definition) is 3. The van der Waals surface area contributed by atoms with Crippen LogP contribution in [0, 0.1) is 5.82 Å². The molecule has 0 radical (unpaired) electrons. The maximum Gasteiger partial charge on any atom is 0.323 e. The van der Waals surface area contributed by atoms with Crippen molar-refractivity contribution in [3.05, 3.63) is 83.1 Å². The summed E-state index contributed by atoms with van der Waals surface area (Å²) in [4.78, 5) is 26.1. The normalized spacial score (nSPS) is 12.7. The van der Waals surface area contributed by atoms with Crippen LogP contribution in [0.3, 0.4) is 0 Å². The fraction of sp³-hybridized carbons (Fsp3) is 0.0909. The van der Waals surface area contributed by atoms with E-state index in [4.69, 9.17) is 16.3 Å². The van der Waals surface area contributed by atoms with Gasteiger partial charge >= 0.3 is 6.03 Å². The number of amides is 3. The largest absolute Gasteiger partial charge is 0.481 e. The molecule has 4 rings (SSSR count). The Hall–Kier alpha value is -3.58. The summed E-state index contributed by atoms with van der Waals surface area (Å²) in [5.41, 5.74) is 1.95. The maximum atomic E-state index is 14.0. The highest BCUT2D eigenvalue weighted by molar-refractivity contribution is 6.30. The number of nitrogens with one attached hydrogen (secondary N) is 2. The first-order chi connectivity index (χ1) is 14.5. The van der Waals surface area contributed by atoms with Crippen molar-refractivity contribution in [1.29, 1.82) is 0 Å². The fourth-order valence-electron chi connectivity index (χ4n) is 3.11. The molecule has 0 bridgehead atoms. The highest BCUT2D eigenvalue weighted by Crippen LogP contribution is 2.35. The molecule has 1 aliphatic rings. The predicted molar refractivity (Wildman–Crippen MR) is 114 cm³/mol. The molecule has 6 nitrogen and oxygen atoms in total. The van der Waals surface area contributed by atoms with E-state index in [9.17, 15) is 14.0 Å². The third-order valence-corrected chi connectivity index (χ3v) is 4.76.